The number of ketones is 1. The van der Waals surface area contributed by atoms with Crippen molar-refractivity contribution in [1.29, 1.82) is 0 Å². The number of Topliss-reactive ketones (excluding diaryl/α,β-unsaturated/α-hetero) is 1. The van der Waals surface area contributed by atoms with Crippen LogP contribution in [0.15, 0.2) is 103 Å². The fourth-order valence-electron chi connectivity index (χ4n) is 15.2. The van der Waals surface area contributed by atoms with E-state index >= 15 is 4.79 Å². The summed E-state index contributed by atoms with van der Waals surface area (Å²) in [5.41, 5.74) is 4.32. The first-order valence-electron chi connectivity index (χ1n) is 26.7. The fraction of sp³-hybridized carbons (Fsp3) is 0.525. The molecule has 11 rings (SSSR count). The van der Waals surface area contributed by atoms with E-state index in [1.54, 1.807) is 7.11 Å². The quantitative estimate of drug-likeness (QED) is 0.112. The van der Waals surface area contributed by atoms with E-state index in [0.29, 0.717) is 24.0 Å². The predicted octanol–water partition coefficient (Wildman–Crippen LogP) is 9.14. The predicted molar refractivity (Wildman–Crippen MR) is 288 cm³/mol. The number of likely N-dealkylation sites (tertiary alicyclic amines) is 3. The van der Waals surface area contributed by atoms with E-state index in [4.69, 9.17) is 37.7 Å². The highest BCUT2D eigenvalue weighted by Crippen LogP contribution is 2.63. The molecule has 6 heterocycles. The molecule has 5 aromatic rings. The van der Waals surface area contributed by atoms with Crippen molar-refractivity contribution in [3.63, 3.8) is 0 Å². The van der Waals surface area contributed by atoms with Crippen molar-refractivity contribution < 1.29 is 14.3 Å². The third kappa shape index (κ3) is 8.47. The Morgan fingerprint density at radius 3 is 2.28 bits per heavy atom. The number of methoxy groups -OCH3 is 1. The minimum atomic E-state index is -0.772. The summed E-state index contributed by atoms with van der Waals surface area (Å²) in [5.74, 6) is 3.21. The molecular weight excluding hydrogens is 940 g/mol. The summed E-state index contributed by atoms with van der Waals surface area (Å²) < 4.78 is 15.3. The largest absolute Gasteiger partial charge is 0.457 e. The lowest BCUT2D eigenvalue weighted by Crippen LogP contribution is -2.73. The zero-order chi connectivity index (χ0) is 50.1. The van der Waals surface area contributed by atoms with E-state index in [2.05, 4.69) is 150 Å². The minimum absolute atomic E-state index is 0.00322. The lowest BCUT2D eigenvalue weighted by molar-refractivity contribution is -0.154. The van der Waals surface area contributed by atoms with Crippen LogP contribution in [0.25, 0.3) is 11.3 Å². The number of nitrogens with one attached hydrogen (secondary N) is 2. The van der Waals surface area contributed by atoms with E-state index in [1.807, 2.05) is 30.5 Å². The Kier molecular flexibility index (Phi) is 14.0. The molecule has 6 aliphatic rings. The van der Waals surface area contributed by atoms with Gasteiger partial charge in [-0.3, -0.25) is 24.4 Å². The van der Waals surface area contributed by atoms with Gasteiger partial charge in [-0.1, -0.05) is 78.7 Å². The Labute approximate surface area is 437 Å². The zero-order valence-corrected chi connectivity index (χ0v) is 44.7. The first-order chi connectivity index (χ1) is 34.8. The first kappa shape index (κ1) is 50.0. The molecule has 0 radical (unpaired) electrons. The SMILES string of the molecule is CCC12C(=O)C34C5C[C@H](Cc6ccc(Cl)cc6)N(C)C3[C@@H](COC)NC4[C@H](C)N(Cc3ccc(Cl)cc3Oc3ccc(-c4cnc(CN6CCC6)n4C)cc3)C1C[C@@H](Cc1ccccc1)C2N(C)[C@@H](C)CN5. The lowest BCUT2D eigenvalue weighted by atomic mass is 9.54. The number of imidazole rings is 1. The molecule has 4 aromatic carbocycles. The second-order valence-electron chi connectivity index (χ2n) is 22.4. The summed E-state index contributed by atoms with van der Waals surface area (Å²) in [5, 5.41) is 9.84. The number of carbonyl (C=O) groups excluding carboxylic acids is 1. The molecule has 0 amide bonds. The van der Waals surface area contributed by atoms with E-state index in [9.17, 15) is 0 Å². The molecule has 2 bridgehead atoms. The number of nitrogens with zero attached hydrogens (tertiary/aromatic N) is 6. The van der Waals surface area contributed by atoms with Crippen molar-refractivity contribution in [1.82, 2.24) is 39.8 Å². The normalized spacial score (nSPS) is 32.9. The maximum Gasteiger partial charge on any atom is 0.153 e. The standard InChI is InChI=1S/C59H74Cl2N8O3/c1-8-58-52-29-43(27-39-13-10-9-11-14-39)55(58)65(4)37(2)32-62-51-31-46(28-40-15-20-44(60)21-16-40)66(5)56-48(36-71-7)64-54(59(51,56)57(58)70)38(3)69(52)34-42-17-22-45(61)30-50(42)72-47-23-18-41(19-24-47)49-33-63-53(67(49)6)35-68-25-12-26-68/h9-11,13-24,30,33,37-38,43,46,48,51-52,54-56,62,64H,8,12,25-29,31-32,34-36H2,1-7H3/t37-,38-,43+,46-,48+,51?,52?,54?,55?,56?,58?,59?/m0/s1. The molecular formula is C59H74Cl2N8O3. The van der Waals surface area contributed by atoms with Crippen LogP contribution in [0.2, 0.25) is 10.0 Å². The van der Waals surface area contributed by atoms with Gasteiger partial charge in [0.15, 0.2) is 5.78 Å². The van der Waals surface area contributed by atoms with Crippen LogP contribution in [0.4, 0.5) is 0 Å². The summed E-state index contributed by atoms with van der Waals surface area (Å²) in [6.45, 7) is 12.1. The molecule has 1 spiro atoms. The summed E-state index contributed by atoms with van der Waals surface area (Å²) in [4.78, 5) is 32.7. The number of aromatic nitrogens is 2. The van der Waals surface area contributed by atoms with Gasteiger partial charge in [-0.2, -0.15) is 0 Å². The molecule has 11 nitrogen and oxygen atoms in total. The van der Waals surface area contributed by atoms with Crippen LogP contribution in [0.1, 0.15) is 69.0 Å². The second-order valence-corrected chi connectivity index (χ2v) is 23.2. The average molecular weight is 1010 g/mol. The van der Waals surface area contributed by atoms with Crippen LogP contribution >= 0.6 is 23.2 Å². The van der Waals surface area contributed by atoms with Crippen molar-refractivity contribution >= 4 is 29.0 Å². The van der Waals surface area contributed by atoms with E-state index < -0.39 is 10.8 Å². The summed E-state index contributed by atoms with van der Waals surface area (Å²) in [6.07, 6.45) is 7.50. The molecule has 6 fully saturated rings. The Hall–Kier alpha value is -4.14. The molecule has 5 aliphatic heterocycles. The Morgan fingerprint density at radius 1 is 0.833 bits per heavy atom. The third-order valence-corrected chi connectivity index (χ3v) is 19.3. The maximum atomic E-state index is 17.5. The average Bonchev–Trinajstić information content (AvgIpc) is 4.02. The summed E-state index contributed by atoms with van der Waals surface area (Å²) in [7, 11) is 8.52. The van der Waals surface area contributed by atoms with Crippen LogP contribution in [0.5, 0.6) is 11.5 Å². The van der Waals surface area contributed by atoms with Crippen molar-refractivity contribution in [3.8, 4) is 22.8 Å². The highest BCUT2D eigenvalue weighted by molar-refractivity contribution is 6.31. The number of hydrogen-bond acceptors (Lipinski definition) is 10. The van der Waals surface area contributed by atoms with Crippen molar-refractivity contribution in [2.45, 2.75) is 127 Å². The van der Waals surface area contributed by atoms with Gasteiger partial charge in [-0.25, -0.2) is 4.98 Å². The van der Waals surface area contributed by atoms with E-state index in [0.717, 1.165) is 97.5 Å². The number of carbonyl (C=O) groups is 1. The van der Waals surface area contributed by atoms with Gasteiger partial charge in [0.25, 0.3) is 0 Å². The molecule has 13 heteroatoms. The zero-order valence-electron chi connectivity index (χ0n) is 43.2. The van der Waals surface area contributed by atoms with Crippen molar-refractivity contribution in [3.05, 3.63) is 136 Å². The maximum absolute atomic E-state index is 17.5. The van der Waals surface area contributed by atoms with Crippen molar-refractivity contribution in [2.75, 3.05) is 47.4 Å². The van der Waals surface area contributed by atoms with Gasteiger partial charge in [0.05, 0.1) is 35.9 Å². The topological polar surface area (TPSA) is 90.4 Å². The number of likely N-dealkylation sites (N-methyl/N-ethyl adjacent to an activating group) is 2. The Balaban J connectivity index is 1.01. The Morgan fingerprint density at radius 2 is 1.57 bits per heavy atom. The van der Waals surface area contributed by atoms with Gasteiger partial charge in [-0.15, -0.1) is 0 Å². The van der Waals surface area contributed by atoms with Gasteiger partial charge < -0.3 is 24.7 Å². The highest BCUT2D eigenvalue weighted by Gasteiger charge is 2.77. The highest BCUT2D eigenvalue weighted by atomic mass is 35.5. The van der Waals surface area contributed by atoms with Crippen LogP contribution in [-0.4, -0.2) is 137 Å². The first-order valence-corrected chi connectivity index (χ1v) is 27.4. The molecule has 7 unspecified atom stereocenters. The van der Waals surface area contributed by atoms with Gasteiger partial charge in [0.2, 0.25) is 0 Å². The van der Waals surface area contributed by atoms with E-state index in [1.165, 1.54) is 17.5 Å². The van der Waals surface area contributed by atoms with Gasteiger partial charge in [0, 0.05) is 103 Å². The summed E-state index contributed by atoms with van der Waals surface area (Å²) >= 11 is 13.3. The van der Waals surface area contributed by atoms with Gasteiger partial charge in [-0.05, 0) is 145 Å². The molecule has 1 aliphatic carbocycles. The van der Waals surface area contributed by atoms with Crippen molar-refractivity contribution in [2.24, 2.45) is 23.8 Å². The Bertz CT molecular complexity index is 2720. The van der Waals surface area contributed by atoms with Gasteiger partial charge >= 0.3 is 0 Å². The molecule has 1 saturated carbocycles. The van der Waals surface area contributed by atoms with Crippen LogP contribution in [0, 0.1) is 16.7 Å². The number of ether oxygens (including phenoxy) is 2. The fourth-order valence-corrected chi connectivity index (χ4v) is 15.4. The molecule has 2 N–H and O–H groups in total. The smallest absolute Gasteiger partial charge is 0.153 e. The van der Waals surface area contributed by atoms with Crippen LogP contribution < -0.4 is 15.4 Å². The second kappa shape index (κ2) is 20.2. The number of piperidine rings is 1. The number of hydrogen-bond donors (Lipinski definition) is 2. The molecule has 1 aromatic heterocycles. The van der Waals surface area contributed by atoms with Crippen LogP contribution in [-0.2, 0) is 42.5 Å². The molecule has 5 saturated heterocycles. The van der Waals surface area contributed by atoms with Gasteiger partial charge in [0.1, 0.15) is 17.3 Å². The monoisotopic (exact) mass is 1010 g/mol. The number of halogens is 2. The third-order valence-electron chi connectivity index (χ3n) is 18.8. The molecule has 72 heavy (non-hydrogen) atoms. The molecule has 382 valence electrons. The summed E-state index contributed by atoms with van der Waals surface area (Å²) in [6, 6.07) is 33.6. The van der Waals surface area contributed by atoms with Crippen LogP contribution in [0.3, 0.4) is 0 Å². The lowest BCUT2D eigenvalue weighted by Gasteiger charge is -2.57. The minimum Gasteiger partial charge on any atom is -0.457 e. The van der Waals surface area contributed by atoms with E-state index in [-0.39, 0.29) is 60.3 Å². The number of benzene rings is 4. The number of rotatable bonds is 14. The molecule has 12 atom stereocenters.